The van der Waals surface area contributed by atoms with Crippen LogP contribution >= 0.6 is 11.8 Å². The molecule has 5 atom stereocenters. The maximum atomic E-state index is 13.7. The molecule has 9 nitrogen and oxygen atoms in total. The maximum Gasteiger partial charge on any atom is 0.242 e. The quantitative estimate of drug-likeness (QED) is 0.0992. The van der Waals surface area contributed by atoms with Gasteiger partial charge >= 0.3 is 0 Å². The van der Waals surface area contributed by atoms with Crippen LogP contribution in [0.4, 0.5) is 5.69 Å². The van der Waals surface area contributed by atoms with Crippen LogP contribution in [0.5, 0.6) is 5.75 Å². The van der Waals surface area contributed by atoms with Crippen LogP contribution in [-0.4, -0.2) is 44.4 Å². The Morgan fingerprint density at radius 2 is 1.49 bits per heavy atom. The SMILES string of the molecule is COc1ccccc1SC[C@H]1O[C@@H](c2ccc(NC(=O)[C@@H](Cc3ccccc3)NS(=O)(=O)c3ccc(C)cc3)cc2)O[C@@H](c2ccc(CO)cc2)[C@H]1C. The molecule has 0 bridgehead atoms. The monoisotopic (exact) mass is 752 g/mol. The third kappa shape index (κ3) is 9.74. The third-order valence-corrected chi connectivity index (χ3v) is 11.9. The molecule has 1 heterocycles. The van der Waals surface area contributed by atoms with Crippen LogP contribution < -0.4 is 14.8 Å². The number of anilines is 1. The number of benzene rings is 5. The van der Waals surface area contributed by atoms with E-state index in [0.29, 0.717) is 11.4 Å². The summed E-state index contributed by atoms with van der Waals surface area (Å²) in [6.07, 6.45) is -1.02. The zero-order chi connectivity index (χ0) is 37.4. The lowest BCUT2D eigenvalue weighted by molar-refractivity contribution is -0.268. The molecule has 5 aromatic carbocycles. The summed E-state index contributed by atoms with van der Waals surface area (Å²) < 4.78 is 48.1. The molecule has 3 N–H and O–H groups in total. The summed E-state index contributed by atoms with van der Waals surface area (Å²) in [5, 5.41) is 12.5. The molecular formula is C42H44N2O7S2. The molecule has 0 saturated carbocycles. The summed E-state index contributed by atoms with van der Waals surface area (Å²) in [5.41, 5.74) is 4.81. The average Bonchev–Trinajstić information content (AvgIpc) is 3.18. The van der Waals surface area contributed by atoms with Gasteiger partial charge in [-0.15, -0.1) is 11.8 Å². The van der Waals surface area contributed by atoms with Gasteiger partial charge in [0.25, 0.3) is 0 Å². The number of aliphatic hydroxyl groups is 1. The molecule has 1 aliphatic rings. The largest absolute Gasteiger partial charge is 0.496 e. The van der Waals surface area contributed by atoms with Crippen LogP contribution in [0.15, 0.2) is 137 Å². The van der Waals surface area contributed by atoms with E-state index in [2.05, 4.69) is 17.0 Å². The van der Waals surface area contributed by atoms with Gasteiger partial charge in [-0.1, -0.05) is 103 Å². The van der Waals surface area contributed by atoms with Crippen LogP contribution in [0.2, 0.25) is 0 Å². The minimum absolute atomic E-state index is 0.00256. The van der Waals surface area contributed by atoms with Crippen molar-refractivity contribution in [3.05, 3.63) is 155 Å². The number of methoxy groups -OCH3 is 1. The Bertz CT molecular complexity index is 2060. The number of para-hydroxylation sites is 1. The Morgan fingerprint density at radius 3 is 2.17 bits per heavy atom. The number of thioether (sulfide) groups is 1. The van der Waals surface area contributed by atoms with E-state index in [1.165, 1.54) is 12.1 Å². The van der Waals surface area contributed by atoms with E-state index in [-0.39, 0.29) is 36.0 Å². The molecule has 0 radical (unpaired) electrons. The highest BCUT2D eigenvalue weighted by Gasteiger charge is 2.38. The predicted octanol–water partition coefficient (Wildman–Crippen LogP) is 7.61. The number of carbonyl (C=O) groups is 1. The number of hydrogen-bond acceptors (Lipinski definition) is 8. The van der Waals surface area contributed by atoms with E-state index in [1.807, 2.05) is 97.9 Å². The van der Waals surface area contributed by atoms with Crippen molar-refractivity contribution in [1.29, 1.82) is 0 Å². The second-order valence-corrected chi connectivity index (χ2v) is 15.8. The lowest BCUT2D eigenvalue weighted by atomic mass is 9.91. The number of nitrogens with one attached hydrogen (secondary N) is 2. The number of carbonyl (C=O) groups excluding carboxylic acids is 1. The molecule has 1 aliphatic heterocycles. The Kier molecular flexibility index (Phi) is 12.7. The Morgan fingerprint density at radius 1 is 0.830 bits per heavy atom. The summed E-state index contributed by atoms with van der Waals surface area (Å²) >= 11 is 1.66. The smallest absolute Gasteiger partial charge is 0.242 e. The molecule has 53 heavy (non-hydrogen) atoms. The maximum absolute atomic E-state index is 13.7. The van der Waals surface area contributed by atoms with E-state index in [0.717, 1.165) is 38.5 Å². The summed E-state index contributed by atoms with van der Waals surface area (Å²) in [7, 11) is -2.33. The highest BCUT2D eigenvalue weighted by Crippen LogP contribution is 2.43. The highest BCUT2D eigenvalue weighted by molar-refractivity contribution is 7.99. The molecule has 1 fully saturated rings. The molecule has 5 aromatic rings. The van der Waals surface area contributed by atoms with Crippen LogP contribution in [0, 0.1) is 12.8 Å². The third-order valence-electron chi connectivity index (χ3n) is 9.27. The van der Waals surface area contributed by atoms with E-state index in [1.54, 1.807) is 43.1 Å². The lowest BCUT2D eigenvalue weighted by Crippen LogP contribution is -2.45. The van der Waals surface area contributed by atoms with Gasteiger partial charge in [0.05, 0.1) is 30.8 Å². The number of aliphatic hydroxyl groups excluding tert-OH is 1. The van der Waals surface area contributed by atoms with Crippen LogP contribution in [0.3, 0.4) is 0 Å². The van der Waals surface area contributed by atoms with Gasteiger partial charge in [-0.3, -0.25) is 4.79 Å². The number of sulfonamides is 1. The molecule has 1 amide bonds. The van der Waals surface area contributed by atoms with Gasteiger partial charge < -0.3 is 24.6 Å². The van der Waals surface area contributed by atoms with Gasteiger partial charge in [0.2, 0.25) is 15.9 Å². The summed E-state index contributed by atoms with van der Waals surface area (Å²) in [6.45, 7) is 3.95. The molecule has 0 aromatic heterocycles. The Balaban J connectivity index is 1.20. The van der Waals surface area contributed by atoms with Gasteiger partial charge in [0, 0.05) is 27.8 Å². The first-order chi connectivity index (χ1) is 25.6. The number of amides is 1. The van der Waals surface area contributed by atoms with Gasteiger partial charge in [-0.05, 0) is 66.4 Å². The van der Waals surface area contributed by atoms with Crippen molar-refractivity contribution in [3.63, 3.8) is 0 Å². The number of rotatable bonds is 14. The molecule has 0 unspecified atom stereocenters. The Hall–Kier alpha value is -4.49. The molecule has 0 aliphatic carbocycles. The molecule has 6 rings (SSSR count). The van der Waals surface area contributed by atoms with Crippen LogP contribution in [0.1, 0.15) is 47.1 Å². The number of ether oxygens (including phenoxy) is 3. The zero-order valence-corrected chi connectivity index (χ0v) is 31.5. The summed E-state index contributed by atoms with van der Waals surface area (Å²) in [4.78, 5) is 14.8. The van der Waals surface area contributed by atoms with Crippen molar-refractivity contribution in [2.45, 2.75) is 61.2 Å². The number of hydrogen-bond donors (Lipinski definition) is 3. The van der Waals surface area contributed by atoms with Gasteiger partial charge in [-0.25, -0.2) is 8.42 Å². The molecule has 11 heteroatoms. The van der Waals surface area contributed by atoms with Crippen LogP contribution in [-0.2, 0) is 37.3 Å². The fourth-order valence-electron chi connectivity index (χ4n) is 6.18. The lowest BCUT2D eigenvalue weighted by Gasteiger charge is -2.41. The minimum atomic E-state index is -3.99. The first-order valence-electron chi connectivity index (χ1n) is 17.4. The first-order valence-corrected chi connectivity index (χ1v) is 19.9. The number of aryl methyl sites for hydroxylation is 1. The standard InChI is InChI=1S/C42H44N2O7S2/c1-28-13-23-35(24-14-28)53(47,48)44-36(25-30-9-5-4-6-10-30)41(46)43-34-21-19-33(20-22-34)42-50-38(27-52-39-12-8-7-11-37(39)49-3)29(2)40(51-42)32-17-15-31(26-45)16-18-32/h4-24,29,36,38,40,42,44-45H,25-27H2,1-3H3,(H,43,46)/t29-,36+,38+,40+,42+/m0/s1. The Labute approximate surface area is 315 Å². The van der Waals surface area contributed by atoms with Crippen molar-refractivity contribution in [1.82, 2.24) is 4.72 Å². The zero-order valence-electron chi connectivity index (χ0n) is 29.8. The van der Waals surface area contributed by atoms with E-state index in [4.69, 9.17) is 14.2 Å². The second kappa shape index (κ2) is 17.6. The van der Waals surface area contributed by atoms with Crippen LogP contribution in [0.25, 0.3) is 0 Å². The normalized spacial score (nSPS) is 19.3. The van der Waals surface area contributed by atoms with E-state index in [9.17, 15) is 18.3 Å². The van der Waals surface area contributed by atoms with Crippen molar-refractivity contribution in [2.75, 3.05) is 18.2 Å². The fourth-order valence-corrected chi connectivity index (χ4v) is 8.57. The fraction of sp³-hybridized carbons (Fsp3) is 0.262. The molecule has 1 saturated heterocycles. The second-order valence-electron chi connectivity index (χ2n) is 13.1. The van der Waals surface area contributed by atoms with Crippen molar-refractivity contribution in [3.8, 4) is 5.75 Å². The molecule has 0 spiro atoms. The summed E-state index contributed by atoms with van der Waals surface area (Å²) in [5.74, 6) is 0.965. The first kappa shape index (κ1) is 38.2. The van der Waals surface area contributed by atoms with E-state index >= 15 is 0 Å². The van der Waals surface area contributed by atoms with Crippen molar-refractivity contribution in [2.24, 2.45) is 5.92 Å². The molecule has 276 valence electrons. The molecular weight excluding hydrogens is 709 g/mol. The van der Waals surface area contributed by atoms with Crippen molar-refractivity contribution >= 4 is 33.4 Å². The highest BCUT2D eigenvalue weighted by atomic mass is 32.2. The summed E-state index contributed by atoms with van der Waals surface area (Å²) in [6, 6.07) is 37.6. The van der Waals surface area contributed by atoms with Gasteiger partial charge in [0.15, 0.2) is 6.29 Å². The minimum Gasteiger partial charge on any atom is -0.496 e. The van der Waals surface area contributed by atoms with E-state index < -0.39 is 28.3 Å². The van der Waals surface area contributed by atoms with Gasteiger partial charge in [-0.2, -0.15) is 4.72 Å². The topological polar surface area (TPSA) is 123 Å². The average molecular weight is 753 g/mol. The predicted molar refractivity (Wildman–Crippen MR) is 207 cm³/mol. The van der Waals surface area contributed by atoms with Crippen molar-refractivity contribution < 1.29 is 32.5 Å². The van der Waals surface area contributed by atoms with Gasteiger partial charge in [0.1, 0.15) is 11.8 Å².